The molecule has 3 rings (SSSR count). The van der Waals surface area contributed by atoms with Gasteiger partial charge in [-0.1, -0.05) is 40.9 Å². The van der Waals surface area contributed by atoms with Crippen molar-refractivity contribution < 1.29 is 18.4 Å². The molecule has 5 nitrogen and oxygen atoms in total. The highest BCUT2D eigenvalue weighted by molar-refractivity contribution is 5.93. The van der Waals surface area contributed by atoms with Crippen LogP contribution in [0.2, 0.25) is 0 Å². The van der Waals surface area contributed by atoms with Gasteiger partial charge >= 0.3 is 0 Å². The Balaban J connectivity index is 1.67. The highest BCUT2D eigenvalue weighted by atomic mass is 19.2. The number of nitrogens with one attached hydrogen (secondary N) is 1. The fourth-order valence-corrected chi connectivity index (χ4v) is 2.05. The van der Waals surface area contributed by atoms with Gasteiger partial charge in [-0.2, -0.15) is 5.54 Å². The maximum Gasteiger partial charge on any atom is 0.279 e. The summed E-state index contributed by atoms with van der Waals surface area (Å²) in [5.74, 6) is 0.00713. The Morgan fingerprint density at radius 3 is 2.78 bits per heavy atom. The van der Waals surface area contributed by atoms with Crippen molar-refractivity contribution in [3.8, 4) is 17.0 Å². The van der Waals surface area contributed by atoms with Crippen LogP contribution in [0.1, 0.15) is 16.2 Å². The molecule has 0 aliphatic heterocycles. The minimum absolute atomic E-state index is 0.105. The van der Waals surface area contributed by atoms with Crippen molar-refractivity contribution in [2.24, 2.45) is 0 Å². The first-order valence-electron chi connectivity index (χ1n) is 6.90. The number of carbonyl (C=O) groups excluding carboxylic acids is 1. The molecule has 0 aliphatic carbocycles. The second kappa shape index (κ2) is 6.74. The van der Waals surface area contributed by atoms with Crippen LogP contribution < -0.4 is 10.3 Å². The van der Waals surface area contributed by atoms with Crippen molar-refractivity contribution in [3.63, 3.8) is 0 Å². The molecule has 0 spiro atoms. The standard InChI is InChI=1S/C17H13FN2O3/c18-20-17(21)13-7-4-8-14(9-13)22-11-16-19-15(10-23-16)12-5-2-1-3-6-12/h1-10H,11H2,(H,20,21). The van der Waals surface area contributed by atoms with Crippen molar-refractivity contribution in [3.05, 3.63) is 72.3 Å². The van der Waals surface area contributed by atoms with Gasteiger partial charge in [0, 0.05) is 11.1 Å². The first kappa shape index (κ1) is 14.8. The van der Waals surface area contributed by atoms with Crippen molar-refractivity contribution >= 4 is 5.91 Å². The number of rotatable bonds is 5. The Morgan fingerprint density at radius 2 is 2.00 bits per heavy atom. The van der Waals surface area contributed by atoms with Crippen LogP contribution in [-0.4, -0.2) is 10.9 Å². The highest BCUT2D eigenvalue weighted by Gasteiger charge is 2.09. The summed E-state index contributed by atoms with van der Waals surface area (Å²) >= 11 is 0. The Labute approximate surface area is 131 Å². The lowest BCUT2D eigenvalue weighted by atomic mass is 10.2. The fourth-order valence-electron chi connectivity index (χ4n) is 2.05. The molecule has 23 heavy (non-hydrogen) atoms. The van der Waals surface area contributed by atoms with Crippen LogP contribution in [0.25, 0.3) is 11.3 Å². The quantitative estimate of drug-likeness (QED) is 0.732. The molecule has 2 aromatic carbocycles. The molecule has 116 valence electrons. The third-order valence-corrected chi connectivity index (χ3v) is 3.17. The molecule has 3 aromatic rings. The smallest absolute Gasteiger partial charge is 0.279 e. The van der Waals surface area contributed by atoms with Crippen LogP contribution in [0, 0.1) is 0 Å². The van der Waals surface area contributed by atoms with E-state index in [9.17, 15) is 9.28 Å². The van der Waals surface area contributed by atoms with E-state index < -0.39 is 5.91 Å². The summed E-state index contributed by atoms with van der Waals surface area (Å²) < 4.78 is 23.0. The van der Waals surface area contributed by atoms with E-state index in [1.807, 2.05) is 30.3 Å². The number of hydrogen-bond donors (Lipinski definition) is 1. The van der Waals surface area contributed by atoms with E-state index in [1.165, 1.54) is 12.1 Å². The molecule has 0 bridgehead atoms. The normalized spacial score (nSPS) is 10.3. The summed E-state index contributed by atoms with van der Waals surface area (Å²) in [6, 6.07) is 15.8. The van der Waals surface area contributed by atoms with Crippen molar-refractivity contribution in [2.75, 3.05) is 0 Å². The Kier molecular flexibility index (Phi) is 4.33. The molecule has 0 atom stereocenters. The van der Waals surface area contributed by atoms with Gasteiger partial charge in [-0.25, -0.2) is 4.98 Å². The predicted molar refractivity (Wildman–Crippen MR) is 81.3 cm³/mol. The summed E-state index contributed by atoms with van der Waals surface area (Å²) in [5, 5.41) is 0. The summed E-state index contributed by atoms with van der Waals surface area (Å²) in [7, 11) is 0. The molecule has 0 fully saturated rings. The number of oxazole rings is 1. The zero-order valence-electron chi connectivity index (χ0n) is 12.0. The number of halogens is 1. The SMILES string of the molecule is O=C(NF)c1cccc(OCc2nc(-c3ccccc3)co2)c1. The van der Waals surface area contributed by atoms with Gasteiger partial charge in [0.1, 0.15) is 17.7 Å². The predicted octanol–water partition coefficient (Wildman–Crippen LogP) is 3.53. The molecule has 0 saturated heterocycles. The van der Waals surface area contributed by atoms with Crippen LogP contribution in [0.4, 0.5) is 4.48 Å². The lowest BCUT2D eigenvalue weighted by Crippen LogP contribution is -2.13. The van der Waals surface area contributed by atoms with Crippen molar-refractivity contribution in [2.45, 2.75) is 6.61 Å². The largest absolute Gasteiger partial charge is 0.484 e. The molecule has 1 amide bonds. The molecule has 6 heteroatoms. The monoisotopic (exact) mass is 312 g/mol. The van der Waals surface area contributed by atoms with Gasteiger partial charge in [0.05, 0.1) is 0 Å². The van der Waals surface area contributed by atoms with Crippen LogP contribution >= 0.6 is 0 Å². The molecular formula is C17H13FN2O3. The molecule has 0 saturated carbocycles. The molecule has 0 aliphatic rings. The number of ether oxygens (including phenoxy) is 1. The van der Waals surface area contributed by atoms with E-state index in [-0.39, 0.29) is 12.2 Å². The Bertz CT molecular complexity index is 802. The number of hydrogen-bond acceptors (Lipinski definition) is 4. The van der Waals surface area contributed by atoms with E-state index in [0.717, 1.165) is 16.8 Å². The molecular weight excluding hydrogens is 299 g/mol. The van der Waals surface area contributed by atoms with Crippen LogP contribution in [0.3, 0.4) is 0 Å². The van der Waals surface area contributed by atoms with E-state index in [2.05, 4.69) is 4.98 Å². The number of amides is 1. The lowest BCUT2D eigenvalue weighted by molar-refractivity contribution is 0.0859. The fraction of sp³-hybridized carbons (Fsp3) is 0.0588. The zero-order valence-corrected chi connectivity index (χ0v) is 12.0. The molecule has 0 radical (unpaired) electrons. The topological polar surface area (TPSA) is 64.4 Å². The van der Waals surface area contributed by atoms with Gasteiger partial charge in [-0.3, -0.25) is 4.79 Å². The van der Waals surface area contributed by atoms with Gasteiger partial charge in [0.2, 0.25) is 5.89 Å². The zero-order chi connectivity index (χ0) is 16.1. The van der Waals surface area contributed by atoms with Gasteiger partial charge in [-0.05, 0) is 18.2 Å². The number of carbonyl (C=O) groups is 1. The second-order valence-electron chi connectivity index (χ2n) is 4.73. The average molecular weight is 312 g/mol. The number of nitrogens with zero attached hydrogens (tertiary/aromatic N) is 1. The minimum atomic E-state index is -0.821. The summed E-state index contributed by atoms with van der Waals surface area (Å²) in [6.07, 6.45) is 1.56. The van der Waals surface area contributed by atoms with Crippen LogP contribution in [-0.2, 0) is 6.61 Å². The first-order valence-corrected chi connectivity index (χ1v) is 6.90. The highest BCUT2D eigenvalue weighted by Crippen LogP contribution is 2.19. The lowest BCUT2D eigenvalue weighted by Gasteiger charge is -2.04. The molecule has 1 N–H and O–H groups in total. The summed E-state index contributed by atoms with van der Waals surface area (Å²) in [6.45, 7) is 0.105. The van der Waals surface area contributed by atoms with Gasteiger partial charge < -0.3 is 9.15 Å². The maximum atomic E-state index is 12.2. The third-order valence-electron chi connectivity index (χ3n) is 3.17. The van der Waals surface area contributed by atoms with E-state index in [4.69, 9.17) is 9.15 Å². The first-order chi connectivity index (χ1) is 11.3. The van der Waals surface area contributed by atoms with Crippen molar-refractivity contribution in [1.29, 1.82) is 0 Å². The van der Waals surface area contributed by atoms with E-state index in [1.54, 1.807) is 18.4 Å². The number of aromatic nitrogens is 1. The molecule has 0 unspecified atom stereocenters. The van der Waals surface area contributed by atoms with Gasteiger partial charge in [-0.15, -0.1) is 0 Å². The average Bonchev–Trinajstić information content (AvgIpc) is 3.09. The summed E-state index contributed by atoms with van der Waals surface area (Å²) in [5.41, 5.74) is 2.91. The summed E-state index contributed by atoms with van der Waals surface area (Å²) in [4.78, 5) is 15.6. The van der Waals surface area contributed by atoms with Crippen molar-refractivity contribution in [1.82, 2.24) is 10.5 Å². The third kappa shape index (κ3) is 3.55. The van der Waals surface area contributed by atoms with E-state index >= 15 is 0 Å². The van der Waals surface area contributed by atoms with Gasteiger partial charge in [0.15, 0.2) is 6.61 Å². The second-order valence-corrected chi connectivity index (χ2v) is 4.73. The molecule has 1 heterocycles. The van der Waals surface area contributed by atoms with Crippen LogP contribution in [0.5, 0.6) is 5.75 Å². The maximum absolute atomic E-state index is 12.2. The Hall–Kier alpha value is -3.15. The van der Waals surface area contributed by atoms with Gasteiger partial charge in [0.25, 0.3) is 5.91 Å². The Morgan fingerprint density at radius 1 is 1.17 bits per heavy atom. The molecule has 1 aromatic heterocycles. The minimum Gasteiger partial charge on any atom is -0.484 e. The number of benzene rings is 2. The van der Waals surface area contributed by atoms with Crippen LogP contribution in [0.15, 0.2) is 65.3 Å². The van der Waals surface area contributed by atoms with E-state index in [0.29, 0.717) is 11.6 Å².